The normalized spacial score (nSPS) is 31.8. The molecule has 2 heteroatoms. The van der Waals surface area contributed by atoms with Crippen LogP contribution in [0.3, 0.4) is 0 Å². The van der Waals surface area contributed by atoms with E-state index in [9.17, 15) is 9.90 Å². The van der Waals surface area contributed by atoms with E-state index in [4.69, 9.17) is 0 Å². The Bertz CT molecular complexity index is 330. The minimum absolute atomic E-state index is 0.139. The molecule has 2 nitrogen and oxygen atoms in total. The molecule has 0 saturated heterocycles. The summed E-state index contributed by atoms with van der Waals surface area (Å²) in [6.07, 6.45) is 10.1. The number of hydrogen-bond donors (Lipinski definition) is 1. The number of carbonyl (C=O) groups excluding carboxylic acids is 1. The number of aliphatic hydroxyl groups excluding tert-OH is 1. The Morgan fingerprint density at radius 3 is 2.56 bits per heavy atom. The molecular formula is C16H26O2. The van der Waals surface area contributed by atoms with E-state index in [2.05, 4.69) is 6.92 Å². The van der Waals surface area contributed by atoms with Crippen molar-refractivity contribution in [2.24, 2.45) is 5.92 Å². The summed E-state index contributed by atoms with van der Waals surface area (Å²) in [6, 6.07) is 0. The van der Waals surface area contributed by atoms with Crippen LogP contribution in [-0.2, 0) is 4.79 Å². The molecule has 0 spiro atoms. The molecule has 102 valence electrons. The van der Waals surface area contributed by atoms with Gasteiger partial charge in [-0.05, 0) is 57.4 Å². The highest BCUT2D eigenvalue weighted by molar-refractivity contribution is 5.98. The summed E-state index contributed by atoms with van der Waals surface area (Å²) >= 11 is 0. The Morgan fingerprint density at radius 1 is 0.944 bits per heavy atom. The van der Waals surface area contributed by atoms with Crippen molar-refractivity contribution in [3.05, 3.63) is 11.1 Å². The van der Waals surface area contributed by atoms with Gasteiger partial charge in [0.2, 0.25) is 0 Å². The molecule has 18 heavy (non-hydrogen) atoms. The van der Waals surface area contributed by atoms with Gasteiger partial charge in [-0.15, -0.1) is 0 Å². The van der Waals surface area contributed by atoms with Gasteiger partial charge in [-0.2, -0.15) is 0 Å². The lowest BCUT2D eigenvalue weighted by molar-refractivity contribution is -0.120. The summed E-state index contributed by atoms with van der Waals surface area (Å²) in [5.74, 6) is 0.670. The van der Waals surface area contributed by atoms with Crippen molar-refractivity contribution in [1.82, 2.24) is 0 Å². The molecule has 2 aliphatic carbocycles. The van der Waals surface area contributed by atoms with Crippen molar-refractivity contribution < 1.29 is 9.90 Å². The van der Waals surface area contributed by atoms with Crippen molar-refractivity contribution in [3.8, 4) is 0 Å². The molecule has 2 aliphatic rings. The molecule has 2 unspecified atom stereocenters. The Balaban J connectivity index is 2.05. The van der Waals surface area contributed by atoms with Crippen LogP contribution in [0.2, 0.25) is 0 Å². The van der Waals surface area contributed by atoms with Gasteiger partial charge in [0.05, 0.1) is 6.10 Å². The Morgan fingerprint density at radius 2 is 1.72 bits per heavy atom. The SMILES string of the molecule is CC1=C2CCCCCC(O)CCCC(CC1)C2=O. The van der Waals surface area contributed by atoms with E-state index < -0.39 is 0 Å². The molecule has 0 aromatic rings. The Hall–Kier alpha value is -0.630. The first-order chi connectivity index (χ1) is 8.68. The summed E-state index contributed by atoms with van der Waals surface area (Å²) in [7, 11) is 0. The molecule has 0 aliphatic heterocycles. The highest BCUT2D eigenvalue weighted by atomic mass is 16.3. The molecule has 1 fully saturated rings. The number of allylic oxidation sites excluding steroid dienone is 2. The molecule has 2 bridgehead atoms. The van der Waals surface area contributed by atoms with Crippen LogP contribution in [-0.4, -0.2) is 17.0 Å². The van der Waals surface area contributed by atoms with Gasteiger partial charge in [0.25, 0.3) is 0 Å². The molecule has 0 radical (unpaired) electrons. The first-order valence-electron chi connectivity index (χ1n) is 7.59. The number of ketones is 1. The molecule has 2 atom stereocenters. The summed E-state index contributed by atoms with van der Waals surface area (Å²) in [5.41, 5.74) is 2.49. The van der Waals surface area contributed by atoms with Gasteiger partial charge < -0.3 is 5.11 Å². The molecule has 0 heterocycles. The van der Waals surface area contributed by atoms with Crippen LogP contribution >= 0.6 is 0 Å². The van der Waals surface area contributed by atoms with E-state index in [-0.39, 0.29) is 12.0 Å². The van der Waals surface area contributed by atoms with Gasteiger partial charge in [-0.3, -0.25) is 4.79 Å². The van der Waals surface area contributed by atoms with Gasteiger partial charge in [0.15, 0.2) is 5.78 Å². The molecule has 1 N–H and O–H groups in total. The summed E-state index contributed by atoms with van der Waals surface area (Å²) in [4.78, 5) is 12.4. The van der Waals surface area contributed by atoms with Crippen LogP contribution in [0.15, 0.2) is 11.1 Å². The second-order valence-corrected chi connectivity index (χ2v) is 6.04. The van der Waals surface area contributed by atoms with E-state index in [1.165, 1.54) is 5.57 Å². The molecule has 0 aromatic carbocycles. The van der Waals surface area contributed by atoms with Crippen LogP contribution < -0.4 is 0 Å². The minimum Gasteiger partial charge on any atom is -0.393 e. The average molecular weight is 250 g/mol. The van der Waals surface area contributed by atoms with Crippen LogP contribution in [0.4, 0.5) is 0 Å². The predicted molar refractivity (Wildman–Crippen MR) is 73.4 cm³/mol. The second-order valence-electron chi connectivity index (χ2n) is 6.04. The van der Waals surface area contributed by atoms with Crippen LogP contribution in [0.25, 0.3) is 0 Å². The Labute approximate surface area is 110 Å². The fourth-order valence-electron chi connectivity index (χ4n) is 3.34. The zero-order valence-electron chi connectivity index (χ0n) is 11.6. The third-order valence-electron chi connectivity index (χ3n) is 4.61. The van der Waals surface area contributed by atoms with Gasteiger partial charge in [-0.1, -0.05) is 24.8 Å². The first kappa shape index (κ1) is 13.8. The monoisotopic (exact) mass is 250 g/mol. The van der Waals surface area contributed by atoms with Crippen molar-refractivity contribution in [1.29, 1.82) is 0 Å². The maximum absolute atomic E-state index is 12.4. The largest absolute Gasteiger partial charge is 0.393 e. The lowest BCUT2D eigenvalue weighted by Crippen LogP contribution is -2.23. The molecule has 0 aromatic heterocycles. The van der Waals surface area contributed by atoms with Crippen LogP contribution in [0, 0.1) is 5.92 Å². The van der Waals surface area contributed by atoms with Gasteiger partial charge in [0, 0.05) is 5.92 Å². The van der Waals surface area contributed by atoms with Crippen molar-refractivity contribution in [2.75, 3.05) is 0 Å². The molecular weight excluding hydrogens is 224 g/mol. The van der Waals surface area contributed by atoms with Gasteiger partial charge in [0.1, 0.15) is 0 Å². The van der Waals surface area contributed by atoms with Crippen LogP contribution in [0.5, 0.6) is 0 Å². The summed E-state index contributed by atoms with van der Waals surface area (Å²) < 4.78 is 0. The Kier molecular flexibility index (Phi) is 4.99. The number of fused-ring (bicyclic) bond motifs is 2. The number of aliphatic hydroxyl groups is 1. The topological polar surface area (TPSA) is 37.3 Å². The second kappa shape index (κ2) is 6.51. The van der Waals surface area contributed by atoms with Gasteiger partial charge in [-0.25, -0.2) is 0 Å². The van der Waals surface area contributed by atoms with Gasteiger partial charge >= 0.3 is 0 Å². The van der Waals surface area contributed by atoms with E-state index in [0.29, 0.717) is 5.78 Å². The van der Waals surface area contributed by atoms with E-state index in [0.717, 1.165) is 69.8 Å². The molecule has 2 rings (SSSR count). The van der Waals surface area contributed by atoms with Crippen molar-refractivity contribution >= 4 is 5.78 Å². The fourth-order valence-corrected chi connectivity index (χ4v) is 3.34. The number of carbonyl (C=O) groups is 1. The predicted octanol–water partition coefficient (Wildman–Crippen LogP) is 3.78. The molecule has 0 amide bonds. The lowest BCUT2D eigenvalue weighted by Gasteiger charge is -2.26. The minimum atomic E-state index is -0.139. The maximum atomic E-state index is 12.4. The first-order valence-corrected chi connectivity index (χ1v) is 7.59. The summed E-state index contributed by atoms with van der Waals surface area (Å²) in [5, 5.41) is 9.83. The van der Waals surface area contributed by atoms with Crippen molar-refractivity contribution in [2.45, 2.75) is 77.2 Å². The zero-order valence-corrected chi connectivity index (χ0v) is 11.6. The quantitative estimate of drug-likeness (QED) is 0.710. The van der Waals surface area contributed by atoms with E-state index in [1.807, 2.05) is 0 Å². The highest BCUT2D eigenvalue weighted by Crippen LogP contribution is 2.33. The third-order valence-corrected chi connectivity index (χ3v) is 4.61. The smallest absolute Gasteiger partial charge is 0.161 e. The molecule has 1 saturated carbocycles. The zero-order chi connectivity index (χ0) is 13.0. The standard InChI is InChI=1S/C16H26O2/c1-12-10-11-13-6-5-8-14(17)7-3-2-4-9-15(12)16(13)18/h13-14,17H,2-11H2,1H3. The van der Waals surface area contributed by atoms with E-state index >= 15 is 0 Å². The number of Topliss-reactive ketones (excluding diaryl/α,β-unsaturated/α-hetero) is 1. The fraction of sp³-hybridized carbons (Fsp3) is 0.812. The number of rotatable bonds is 0. The lowest BCUT2D eigenvalue weighted by atomic mass is 9.78. The highest BCUT2D eigenvalue weighted by Gasteiger charge is 2.27. The number of hydrogen-bond acceptors (Lipinski definition) is 2. The van der Waals surface area contributed by atoms with E-state index in [1.54, 1.807) is 0 Å². The van der Waals surface area contributed by atoms with Crippen LogP contribution in [0.1, 0.15) is 71.1 Å². The average Bonchev–Trinajstić information content (AvgIpc) is 2.34. The summed E-state index contributed by atoms with van der Waals surface area (Å²) in [6.45, 7) is 2.14. The third kappa shape index (κ3) is 3.44. The van der Waals surface area contributed by atoms with Crippen molar-refractivity contribution in [3.63, 3.8) is 0 Å². The maximum Gasteiger partial charge on any atom is 0.161 e.